The predicted octanol–water partition coefficient (Wildman–Crippen LogP) is 6.10. The zero-order chi connectivity index (χ0) is 31.9. The molecule has 2 bridgehead atoms. The quantitative estimate of drug-likeness (QED) is 0.153. The standard InChI is InChI=1S/C34H30ClF4N5O2/c1-2-22-24(37)7-4-17-10-21(45)11-23(25(17)22)26-29(38)28(35)27-31(30(26)39)41-33(42-32(27)43-14-19-5-6-20(15-43)40-19)46-16-34-8-3-9-44(34)13-18(36)12-34/h1,4,7,10-11,18-20,40,45H,3,5-6,8-9,12-16H2/t18-,19?,20?,34+/m1/s1. The molecule has 8 rings (SSSR count). The second-order valence-corrected chi connectivity index (χ2v) is 13.3. The zero-order valence-electron chi connectivity index (χ0n) is 24.7. The summed E-state index contributed by atoms with van der Waals surface area (Å²) in [5.74, 6) is -0.767. The maximum absolute atomic E-state index is 16.9. The van der Waals surface area contributed by atoms with Crippen molar-refractivity contribution in [2.45, 2.75) is 55.9 Å². The average molecular weight is 652 g/mol. The number of nitrogens with one attached hydrogen (secondary N) is 1. The third-order valence-electron chi connectivity index (χ3n) is 10.1. The molecule has 1 aromatic heterocycles. The molecule has 7 nitrogen and oxygen atoms in total. The van der Waals surface area contributed by atoms with Gasteiger partial charge in [0.15, 0.2) is 11.6 Å². The van der Waals surface area contributed by atoms with Gasteiger partial charge >= 0.3 is 6.01 Å². The van der Waals surface area contributed by atoms with Gasteiger partial charge in [0.2, 0.25) is 0 Å². The van der Waals surface area contributed by atoms with Crippen molar-refractivity contribution in [2.24, 2.45) is 0 Å². The van der Waals surface area contributed by atoms with Gasteiger partial charge < -0.3 is 20.1 Å². The lowest BCUT2D eigenvalue weighted by atomic mass is 9.92. The topological polar surface area (TPSA) is 73.8 Å². The summed E-state index contributed by atoms with van der Waals surface area (Å²) in [4.78, 5) is 13.2. The van der Waals surface area contributed by atoms with Gasteiger partial charge in [0, 0.05) is 49.1 Å². The number of phenols is 1. The molecule has 4 aliphatic rings. The summed E-state index contributed by atoms with van der Waals surface area (Å²) in [5, 5.41) is 14.0. The van der Waals surface area contributed by atoms with Crippen LogP contribution in [0.4, 0.5) is 23.4 Å². The monoisotopic (exact) mass is 651 g/mol. The molecule has 4 saturated heterocycles. The summed E-state index contributed by atoms with van der Waals surface area (Å²) in [6.07, 6.45) is 8.56. The highest BCUT2D eigenvalue weighted by molar-refractivity contribution is 6.37. The molecule has 3 aromatic carbocycles. The maximum atomic E-state index is 16.9. The number of hydrogen-bond donors (Lipinski definition) is 2. The summed E-state index contributed by atoms with van der Waals surface area (Å²) in [5.41, 5.74) is -1.81. The number of terminal acetylenes is 1. The smallest absolute Gasteiger partial charge is 0.319 e. The number of piperazine rings is 1. The lowest BCUT2D eigenvalue weighted by Gasteiger charge is -2.35. The number of aromatic hydroxyl groups is 1. The van der Waals surface area contributed by atoms with Crippen LogP contribution in [0.2, 0.25) is 5.02 Å². The molecule has 12 heteroatoms. The number of benzene rings is 3. The van der Waals surface area contributed by atoms with E-state index in [1.54, 1.807) is 0 Å². The van der Waals surface area contributed by atoms with Crippen LogP contribution in [0.25, 0.3) is 32.8 Å². The van der Waals surface area contributed by atoms with E-state index in [9.17, 15) is 13.9 Å². The minimum absolute atomic E-state index is 0.0211. The molecule has 4 atom stereocenters. The number of rotatable bonds is 5. The Morgan fingerprint density at radius 3 is 2.63 bits per heavy atom. The molecule has 4 fully saturated rings. The Morgan fingerprint density at radius 1 is 1.09 bits per heavy atom. The van der Waals surface area contributed by atoms with Gasteiger partial charge in [-0.3, -0.25) is 4.90 Å². The van der Waals surface area contributed by atoms with Gasteiger partial charge in [-0.2, -0.15) is 9.97 Å². The zero-order valence-corrected chi connectivity index (χ0v) is 25.5. The first-order valence-corrected chi connectivity index (χ1v) is 15.9. The molecule has 4 aliphatic heterocycles. The molecule has 2 unspecified atom stereocenters. The molecule has 0 radical (unpaired) electrons. The van der Waals surface area contributed by atoms with Gasteiger partial charge in [-0.05, 0) is 55.8 Å². The SMILES string of the molecule is C#Cc1c(F)ccc2cc(O)cc(-c3c(F)c(Cl)c4c(N5CC6CCC(C5)N6)nc(OC[C@@]56CCCN5C[C@H](F)C6)nc4c3F)c12. The molecule has 238 valence electrons. The van der Waals surface area contributed by atoms with Crippen molar-refractivity contribution in [3.05, 3.63) is 52.3 Å². The highest BCUT2D eigenvalue weighted by Crippen LogP contribution is 2.46. The summed E-state index contributed by atoms with van der Waals surface area (Å²) < 4.78 is 68.9. The summed E-state index contributed by atoms with van der Waals surface area (Å²) in [6.45, 7) is 2.28. The van der Waals surface area contributed by atoms with E-state index in [0.717, 1.165) is 44.4 Å². The average Bonchev–Trinajstić information content (AvgIpc) is 3.68. The Labute approximate surface area is 267 Å². The van der Waals surface area contributed by atoms with E-state index >= 15 is 8.78 Å². The largest absolute Gasteiger partial charge is 0.508 e. The molecule has 0 amide bonds. The van der Waals surface area contributed by atoms with E-state index in [1.165, 1.54) is 12.1 Å². The third-order valence-corrected chi connectivity index (χ3v) is 10.5. The van der Waals surface area contributed by atoms with Gasteiger partial charge in [-0.1, -0.05) is 23.6 Å². The number of halogens is 5. The number of fused-ring (bicyclic) bond motifs is 5. The fraction of sp³-hybridized carbons (Fsp3) is 0.412. The Bertz CT molecular complexity index is 1960. The van der Waals surface area contributed by atoms with Gasteiger partial charge in [-0.15, -0.1) is 6.42 Å². The number of alkyl halides is 1. The van der Waals surface area contributed by atoms with Crippen LogP contribution in [0.15, 0.2) is 24.3 Å². The lowest BCUT2D eigenvalue weighted by molar-refractivity contribution is 0.107. The van der Waals surface area contributed by atoms with Gasteiger partial charge in [0.05, 0.1) is 27.1 Å². The number of phenolic OH excluding ortho intramolecular Hbond substituents is 1. The molecule has 0 aliphatic carbocycles. The Morgan fingerprint density at radius 2 is 1.87 bits per heavy atom. The summed E-state index contributed by atoms with van der Waals surface area (Å²) in [6, 6.07) is 5.16. The molecule has 5 heterocycles. The summed E-state index contributed by atoms with van der Waals surface area (Å²) in [7, 11) is 0. The second kappa shape index (κ2) is 10.9. The van der Waals surface area contributed by atoms with Crippen molar-refractivity contribution in [3.63, 3.8) is 0 Å². The van der Waals surface area contributed by atoms with E-state index in [4.69, 9.17) is 22.8 Å². The second-order valence-electron chi connectivity index (χ2n) is 12.9. The van der Waals surface area contributed by atoms with Gasteiger partial charge in [0.25, 0.3) is 0 Å². The fourth-order valence-corrected chi connectivity index (χ4v) is 8.40. The first-order valence-electron chi connectivity index (χ1n) is 15.5. The predicted molar refractivity (Wildman–Crippen MR) is 168 cm³/mol. The van der Waals surface area contributed by atoms with Crippen LogP contribution < -0.4 is 15.0 Å². The Hall–Kier alpha value is -3.85. The number of aromatic nitrogens is 2. The van der Waals surface area contributed by atoms with Crippen LogP contribution in [0.1, 0.15) is 37.7 Å². The molecule has 4 aromatic rings. The molecular weight excluding hydrogens is 622 g/mol. The van der Waals surface area contributed by atoms with Crippen LogP contribution in [0, 0.1) is 29.8 Å². The molecule has 0 spiro atoms. The van der Waals surface area contributed by atoms with Crippen molar-refractivity contribution in [1.82, 2.24) is 20.2 Å². The highest BCUT2D eigenvalue weighted by atomic mass is 35.5. The van der Waals surface area contributed by atoms with E-state index in [2.05, 4.69) is 26.1 Å². The van der Waals surface area contributed by atoms with E-state index in [1.807, 2.05) is 4.90 Å². The van der Waals surface area contributed by atoms with E-state index < -0.39 is 39.7 Å². The number of anilines is 1. The molecule has 0 saturated carbocycles. The number of hydrogen-bond acceptors (Lipinski definition) is 7. The Kier molecular flexibility index (Phi) is 6.98. The summed E-state index contributed by atoms with van der Waals surface area (Å²) >= 11 is 6.75. The van der Waals surface area contributed by atoms with Crippen LogP contribution in [0.3, 0.4) is 0 Å². The van der Waals surface area contributed by atoms with Crippen molar-refractivity contribution >= 4 is 39.1 Å². The number of ether oxygens (including phenoxy) is 1. The van der Waals surface area contributed by atoms with E-state index in [0.29, 0.717) is 26.1 Å². The van der Waals surface area contributed by atoms with Crippen LogP contribution in [-0.4, -0.2) is 76.6 Å². The van der Waals surface area contributed by atoms with Crippen molar-refractivity contribution in [1.29, 1.82) is 0 Å². The van der Waals surface area contributed by atoms with Crippen molar-refractivity contribution < 1.29 is 27.4 Å². The normalized spacial score (nSPS) is 25.8. The minimum Gasteiger partial charge on any atom is -0.508 e. The molecule has 2 N–H and O–H groups in total. The highest BCUT2D eigenvalue weighted by Gasteiger charge is 2.49. The van der Waals surface area contributed by atoms with Crippen LogP contribution >= 0.6 is 11.6 Å². The van der Waals surface area contributed by atoms with Crippen LogP contribution in [0.5, 0.6) is 11.8 Å². The first kappa shape index (κ1) is 29.5. The number of nitrogens with zero attached hydrogens (tertiary/aromatic N) is 4. The minimum atomic E-state index is -1.12. The molecule has 46 heavy (non-hydrogen) atoms. The van der Waals surface area contributed by atoms with Crippen LogP contribution in [-0.2, 0) is 0 Å². The Balaban J connectivity index is 1.33. The van der Waals surface area contributed by atoms with E-state index in [-0.39, 0.29) is 69.1 Å². The van der Waals surface area contributed by atoms with Gasteiger partial charge in [-0.25, -0.2) is 17.6 Å². The third kappa shape index (κ3) is 4.56. The van der Waals surface area contributed by atoms with Gasteiger partial charge in [0.1, 0.15) is 35.7 Å². The first-order chi connectivity index (χ1) is 22.2. The van der Waals surface area contributed by atoms with Crippen molar-refractivity contribution in [3.8, 4) is 35.2 Å². The maximum Gasteiger partial charge on any atom is 0.319 e. The van der Waals surface area contributed by atoms with Crippen molar-refractivity contribution in [2.75, 3.05) is 37.7 Å². The molecular formula is C34H30ClF4N5O2. The fourth-order valence-electron chi connectivity index (χ4n) is 8.13. The lowest BCUT2D eigenvalue weighted by Crippen LogP contribution is -2.51.